The first-order valence-electron chi connectivity index (χ1n) is 8.35. The van der Waals surface area contributed by atoms with Crippen molar-refractivity contribution in [3.63, 3.8) is 0 Å². The van der Waals surface area contributed by atoms with E-state index >= 15 is 0 Å². The largest absolute Gasteiger partial charge is 0.330 e. The Balaban J connectivity index is 1.76. The van der Waals surface area contributed by atoms with Crippen LogP contribution in [0.5, 0.6) is 0 Å². The van der Waals surface area contributed by atoms with Crippen LogP contribution in [0.4, 0.5) is 4.79 Å². The number of nitrogens with zero attached hydrogens (tertiary/aromatic N) is 1. The van der Waals surface area contributed by atoms with Gasteiger partial charge in [0.05, 0.1) is 11.7 Å². The van der Waals surface area contributed by atoms with Gasteiger partial charge in [-0.15, -0.1) is 0 Å². The molecule has 2 atom stereocenters. The van der Waals surface area contributed by atoms with Crippen molar-refractivity contribution >= 4 is 11.9 Å². The molecule has 1 aromatic carbocycles. The minimum absolute atomic E-state index is 0.0675. The zero-order valence-corrected chi connectivity index (χ0v) is 13.4. The fourth-order valence-electron chi connectivity index (χ4n) is 3.27. The Kier molecular flexibility index (Phi) is 4.65. The van der Waals surface area contributed by atoms with Crippen molar-refractivity contribution in [2.75, 3.05) is 6.54 Å². The maximum Gasteiger partial charge on any atom is 0.319 e. The lowest BCUT2D eigenvalue weighted by Crippen LogP contribution is -2.50. The van der Waals surface area contributed by atoms with Crippen molar-refractivity contribution in [1.29, 1.82) is 0 Å². The molecule has 122 valence electrons. The molecule has 5 nitrogen and oxygen atoms in total. The average molecular weight is 313 g/mol. The number of benzene rings is 1. The van der Waals surface area contributed by atoms with E-state index in [4.69, 9.17) is 0 Å². The van der Waals surface area contributed by atoms with Crippen LogP contribution in [-0.4, -0.2) is 23.4 Å². The highest BCUT2D eigenvalue weighted by Crippen LogP contribution is 2.35. The van der Waals surface area contributed by atoms with Crippen molar-refractivity contribution in [2.24, 2.45) is 5.92 Å². The maximum absolute atomic E-state index is 12.8. The van der Waals surface area contributed by atoms with E-state index in [9.17, 15) is 9.59 Å². The zero-order chi connectivity index (χ0) is 16.2. The lowest BCUT2D eigenvalue weighted by atomic mass is 9.89. The van der Waals surface area contributed by atoms with Crippen LogP contribution < -0.4 is 10.6 Å². The number of amides is 3. The Morgan fingerprint density at radius 3 is 2.61 bits per heavy atom. The monoisotopic (exact) mass is 313 g/mol. The van der Waals surface area contributed by atoms with Gasteiger partial charge in [-0.05, 0) is 12.0 Å². The van der Waals surface area contributed by atoms with Crippen LogP contribution in [0.1, 0.15) is 44.2 Å². The molecule has 1 fully saturated rings. The minimum atomic E-state index is -0.346. The molecule has 23 heavy (non-hydrogen) atoms. The number of fused-ring (bicyclic) bond motifs is 1. The van der Waals surface area contributed by atoms with Gasteiger partial charge in [0.1, 0.15) is 5.92 Å². The van der Waals surface area contributed by atoms with Gasteiger partial charge in [0.25, 0.3) is 0 Å². The molecule has 0 aromatic heterocycles. The molecular formula is C18H23N3O2. The molecule has 2 aliphatic heterocycles. The number of hydrogen-bond donors (Lipinski definition) is 2. The van der Waals surface area contributed by atoms with E-state index in [1.807, 2.05) is 36.5 Å². The normalized spacial score (nSPS) is 23.2. The fourth-order valence-corrected chi connectivity index (χ4v) is 3.27. The molecule has 0 saturated carbocycles. The first kappa shape index (κ1) is 15.6. The van der Waals surface area contributed by atoms with Crippen LogP contribution >= 0.6 is 0 Å². The molecule has 0 aliphatic carbocycles. The molecule has 2 aliphatic rings. The smallest absolute Gasteiger partial charge is 0.319 e. The summed E-state index contributed by atoms with van der Waals surface area (Å²) in [6, 6.07) is 9.13. The summed E-state index contributed by atoms with van der Waals surface area (Å²) in [6.45, 7) is 2.89. The van der Waals surface area contributed by atoms with Gasteiger partial charge in [0.15, 0.2) is 0 Å². The molecule has 0 unspecified atom stereocenters. The summed E-state index contributed by atoms with van der Waals surface area (Å²) in [5, 5.41) is 5.68. The van der Waals surface area contributed by atoms with Gasteiger partial charge in [-0.3, -0.25) is 4.79 Å². The summed E-state index contributed by atoms with van der Waals surface area (Å²) >= 11 is 0. The number of urea groups is 1. The SMILES string of the molecule is CCCCCCN1C=C2NC(=O)N[C@H](c3ccccc3)[C@H]2C1=O. The van der Waals surface area contributed by atoms with Crippen molar-refractivity contribution in [3.05, 3.63) is 47.8 Å². The van der Waals surface area contributed by atoms with Gasteiger partial charge < -0.3 is 15.5 Å². The number of rotatable bonds is 6. The van der Waals surface area contributed by atoms with E-state index in [0.717, 1.165) is 24.9 Å². The molecule has 0 bridgehead atoms. The fraction of sp³-hybridized carbons (Fsp3) is 0.444. The van der Waals surface area contributed by atoms with Gasteiger partial charge in [-0.1, -0.05) is 56.5 Å². The summed E-state index contributed by atoms with van der Waals surface area (Å²) in [6.07, 6.45) is 6.29. The third-order valence-electron chi connectivity index (χ3n) is 4.47. The first-order chi connectivity index (χ1) is 11.2. The molecule has 3 amide bonds. The zero-order valence-electron chi connectivity index (χ0n) is 13.4. The number of unbranched alkanes of at least 4 members (excludes halogenated alkanes) is 3. The highest BCUT2D eigenvalue weighted by Gasteiger charge is 2.44. The predicted octanol–water partition coefficient (Wildman–Crippen LogP) is 2.92. The summed E-state index contributed by atoms with van der Waals surface area (Å²) in [5.41, 5.74) is 1.67. The van der Waals surface area contributed by atoms with E-state index in [1.165, 1.54) is 12.8 Å². The molecule has 0 spiro atoms. The van der Waals surface area contributed by atoms with Crippen LogP contribution in [0.25, 0.3) is 0 Å². The average Bonchev–Trinajstić information content (AvgIpc) is 2.87. The maximum atomic E-state index is 12.8. The van der Waals surface area contributed by atoms with Gasteiger partial charge in [-0.25, -0.2) is 4.79 Å². The Morgan fingerprint density at radius 1 is 1.09 bits per heavy atom. The summed E-state index contributed by atoms with van der Waals surface area (Å²) in [5.74, 6) is -0.279. The van der Waals surface area contributed by atoms with Crippen LogP contribution in [-0.2, 0) is 4.79 Å². The molecule has 3 rings (SSSR count). The highest BCUT2D eigenvalue weighted by molar-refractivity contribution is 5.91. The standard InChI is InChI=1S/C18H23N3O2/c1-2-3-4-8-11-21-12-14-15(17(21)22)16(20-18(23)19-14)13-9-6-5-7-10-13/h5-7,9-10,12,15-16H,2-4,8,11H2,1H3,(H2,19,20,23)/t15-,16+/m0/s1. The highest BCUT2D eigenvalue weighted by atomic mass is 16.2. The first-order valence-corrected chi connectivity index (χ1v) is 8.35. The van der Waals surface area contributed by atoms with E-state index in [-0.39, 0.29) is 23.9 Å². The number of nitrogens with one attached hydrogen (secondary N) is 2. The van der Waals surface area contributed by atoms with Crippen molar-refractivity contribution < 1.29 is 9.59 Å². The topological polar surface area (TPSA) is 61.4 Å². The Bertz CT molecular complexity index is 612. The second kappa shape index (κ2) is 6.86. The van der Waals surface area contributed by atoms with Crippen LogP contribution in [0.3, 0.4) is 0 Å². The van der Waals surface area contributed by atoms with Gasteiger partial charge in [-0.2, -0.15) is 0 Å². The van der Waals surface area contributed by atoms with E-state index in [0.29, 0.717) is 5.70 Å². The third-order valence-corrected chi connectivity index (χ3v) is 4.47. The molecular weight excluding hydrogens is 290 g/mol. The summed E-state index contributed by atoms with van der Waals surface area (Å²) < 4.78 is 0. The molecule has 2 heterocycles. The number of hydrogen-bond acceptors (Lipinski definition) is 2. The molecule has 2 N–H and O–H groups in total. The third kappa shape index (κ3) is 3.23. The van der Waals surface area contributed by atoms with Crippen LogP contribution in [0.2, 0.25) is 0 Å². The van der Waals surface area contributed by atoms with Gasteiger partial charge in [0.2, 0.25) is 5.91 Å². The number of carbonyl (C=O) groups excluding carboxylic acids is 2. The summed E-state index contributed by atoms with van der Waals surface area (Å²) in [4.78, 5) is 26.4. The lowest BCUT2D eigenvalue weighted by molar-refractivity contribution is -0.131. The Labute approximate surface area is 136 Å². The predicted molar refractivity (Wildman–Crippen MR) is 88.3 cm³/mol. The molecule has 0 radical (unpaired) electrons. The van der Waals surface area contributed by atoms with Gasteiger partial charge >= 0.3 is 6.03 Å². The van der Waals surface area contributed by atoms with Crippen LogP contribution in [0.15, 0.2) is 42.2 Å². The quantitative estimate of drug-likeness (QED) is 0.793. The van der Waals surface area contributed by atoms with Crippen molar-refractivity contribution in [2.45, 2.75) is 38.6 Å². The summed E-state index contributed by atoms with van der Waals surface area (Å²) in [7, 11) is 0. The van der Waals surface area contributed by atoms with E-state index < -0.39 is 0 Å². The van der Waals surface area contributed by atoms with Crippen molar-refractivity contribution in [3.8, 4) is 0 Å². The molecule has 1 aromatic rings. The second-order valence-corrected chi connectivity index (χ2v) is 6.14. The minimum Gasteiger partial charge on any atom is -0.330 e. The van der Waals surface area contributed by atoms with E-state index in [1.54, 1.807) is 4.90 Å². The molecule has 5 heteroatoms. The Hall–Kier alpha value is -2.30. The number of carbonyl (C=O) groups is 2. The van der Waals surface area contributed by atoms with E-state index in [2.05, 4.69) is 17.6 Å². The van der Waals surface area contributed by atoms with Crippen LogP contribution in [0, 0.1) is 5.92 Å². The van der Waals surface area contributed by atoms with Crippen molar-refractivity contribution in [1.82, 2.24) is 15.5 Å². The van der Waals surface area contributed by atoms with Gasteiger partial charge in [0, 0.05) is 12.7 Å². The second-order valence-electron chi connectivity index (χ2n) is 6.14. The Morgan fingerprint density at radius 2 is 1.87 bits per heavy atom. The lowest BCUT2D eigenvalue weighted by Gasteiger charge is -2.31. The molecule has 1 saturated heterocycles.